The van der Waals surface area contributed by atoms with Crippen molar-refractivity contribution < 1.29 is 0 Å². The van der Waals surface area contributed by atoms with E-state index in [-0.39, 0.29) is 0 Å². The number of fused-ring (bicyclic) bond motifs is 3. The second-order valence-electron chi connectivity index (χ2n) is 12.3. The smallest absolute Gasteiger partial charge is 0.226 e. The van der Waals surface area contributed by atoms with Crippen LogP contribution in [0, 0.1) is 0 Å². The molecule has 0 aliphatic rings. The van der Waals surface area contributed by atoms with Crippen molar-refractivity contribution in [1.29, 1.82) is 0 Å². The molecule has 0 fully saturated rings. The second kappa shape index (κ2) is 12.5. The molecular weight excluding hydrogens is 627 g/mol. The molecule has 0 atom stereocenters. The first-order valence-electron chi connectivity index (χ1n) is 16.7. The molecule has 0 aliphatic heterocycles. The topological polar surface area (TPSA) is 56.5 Å². The number of hydrogen-bond acceptors (Lipinski definition) is 4. The Morgan fingerprint density at radius 3 is 1.46 bits per heavy atom. The molecule has 5 aromatic carbocycles. The number of pyridine rings is 2. The van der Waals surface area contributed by atoms with Crippen molar-refractivity contribution in [3.8, 4) is 28.3 Å². The Kier molecular flexibility index (Phi) is 7.41. The molecule has 0 saturated heterocycles. The van der Waals surface area contributed by atoms with E-state index >= 15 is 0 Å². The lowest BCUT2D eigenvalue weighted by Crippen LogP contribution is -2.76. The summed E-state index contributed by atoms with van der Waals surface area (Å²) < 4.78 is 2.32. The van der Waals surface area contributed by atoms with Crippen LogP contribution in [-0.4, -0.2) is 32.6 Å². The first-order chi connectivity index (χ1) is 24.8. The molecule has 9 aromatic rings. The summed E-state index contributed by atoms with van der Waals surface area (Å²) in [6, 6.07) is 59.7. The van der Waals surface area contributed by atoms with Crippen molar-refractivity contribution in [3.63, 3.8) is 0 Å². The largest absolute Gasteiger partial charge is 0.293 e. The predicted octanol–water partition coefficient (Wildman–Crippen LogP) is 7.08. The minimum absolute atomic E-state index is 0.776. The molecule has 4 heterocycles. The lowest BCUT2D eigenvalue weighted by molar-refractivity contribution is 1.06. The molecule has 6 heteroatoms. The van der Waals surface area contributed by atoms with Crippen LogP contribution in [0.3, 0.4) is 0 Å². The average molecular weight is 658 g/mol. The van der Waals surface area contributed by atoms with Gasteiger partial charge in [0.2, 0.25) is 8.07 Å². The van der Waals surface area contributed by atoms with Gasteiger partial charge in [-0.25, -0.2) is 9.97 Å². The highest BCUT2D eigenvalue weighted by atomic mass is 28.3. The molecule has 236 valence electrons. The van der Waals surface area contributed by atoms with E-state index < -0.39 is 8.07 Å². The third kappa shape index (κ3) is 4.77. The minimum Gasteiger partial charge on any atom is -0.293 e. The monoisotopic (exact) mass is 657 g/mol. The average Bonchev–Trinajstić information content (AvgIpc) is 3.54. The van der Waals surface area contributed by atoms with Gasteiger partial charge in [0.1, 0.15) is 17.0 Å². The Morgan fingerprint density at radius 2 is 0.940 bits per heavy atom. The fraction of sp³-hybridized carbons (Fsp3) is 0. The van der Waals surface area contributed by atoms with Crippen LogP contribution < -0.4 is 21.0 Å². The molecule has 9 rings (SSSR count). The van der Waals surface area contributed by atoms with Crippen molar-refractivity contribution in [2.75, 3.05) is 0 Å². The molecule has 0 saturated carbocycles. The number of rotatable bonds is 7. The van der Waals surface area contributed by atoms with Gasteiger partial charge in [0.25, 0.3) is 0 Å². The van der Waals surface area contributed by atoms with E-state index in [2.05, 4.69) is 149 Å². The summed E-state index contributed by atoms with van der Waals surface area (Å²) >= 11 is 0. The van der Waals surface area contributed by atoms with E-state index in [1.807, 2.05) is 48.9 Å². The summed E-state index contributed by atoms with van der Waals surface area (Å²) in [6.45, 7) is 0. The van der Waals surface area contributed by atoms with Crippen molar-refractivity contribution >= 4 is 50.9 Å². The summed E-state index contributed by atoms with van der Waals surface area (Å²) in [7, 11) is -3.14. The fourth-order valence-corrected chi connectivity index (χ4v) is 11.8. The van der Waals surface area contributed by atoms with Crippen LogP contribution in [0.4, 0.5) is 0 Å². The summed E-state index contributed by atoms with van der Waals surface area (Å²) in [5.41, 5.74) is 6.37. The number of nitrogens with zero attached hydrogens (tertiary/aromatic N) is 5. The Balaban J connectivity index is 1.52. The maximum atomic E-state index is 5.85. The molecule has 0 spiro atoms. The highest BCUT2D eigenvalue weighted by Crippen LogP contribution is 2.38. The summed E-state index contributed by atoms with van der Waals surface area (Å²) in [6.07, 6.45) is 5.50. The molecule has 0 unspecified atom stereocenters. The number of aromatic nitrogens is 5. The minimum atomic E-state index is -3.14. The fourth-order valence-electron chi connectivity index (χ4n) is 7.35. The Hall–Kier alpha value is -6.50. The molecule has 5 nitrogen and oxygen atoms in total. The zero-order valence-electron chi connectivity index (χ0n) is 27.1. The Labute approximate surface area is 291 Å². The van der Waals surface area contributed by atoms with Gasteiger partial charge in [0, 0.05) is 29.4 Å². The first-order valence-corrected chi connectivity index (χ1v) is 18.7. The van der Waals surface area contributed by atoms with Gasteiger partial charge >= 0.3 is 0 Å². The predicted molar refractivity (Wildman–Crippen MR) is 206 cm³/mol. The van der Waals surface area contributed by atoms with Crippen molar-refractivity contribution in [1.82, 2.24) is 24.5 Å². The maximum Gasteiger partial charge on any atom is 0.226 e. The van der Waals surface area contributed by atoms with Gasteiger partial charge in [0.05, 0.1) is 22.3 Å². The SMILES string of the molecule is c1ccc([Si](c2ccccc2)(c2ccccc2)c2nc(-c3ccccn3)c(-c3ccncc3)c(-n3c4ccccc4c4ccccc43)n2)cc1. The van der Waals surface area contributed by atoms with E-state index in [1.165, 1.54) is 26.3 Å². The molecule has 0 bridgehead atoms. The van der Waals surface area contributed by atoms with Gasteiger partial charge in [-0.3, -0.25) is 14.5 Å². The summed E-state index contributed by atoms with van der Waals surface area (Å²) in [4.78, 5) is 20.9. The summed E-state index contributed by atoms with van der Waals surface area (Å²) in [5.74, 6) is 0.805. The number of hydrogen-bond donors (Lipinski definition) is 0. The molecule has 0 N–H and O–H groups in total. The van der Waals surface area contributed by atoms with Crippen LogP contribution >= 0.6 is 0 Å². The van der Waals surface area contributed by atoms with E-state index in [0.29, 0.717) is 0 Å². The quantitative estimate of drug-likeness (QED) is 0.136. The maximum absolute atomic E-state index is 5.85. The van der Waals surface area contributed by atoms with E-state index in [0.717, 1.165) is 44.8 Å². The molecule has 0 amide bonds. The summed E-state index contributed by atoms with van der Waals surface area (Å²) in [5, 5.41) is 5.94. The third-order valence-electron chi connectivity index (χ3n) is 9.51. The lowest BCUT2D eigenvalue weighted by atomic mass is 10.0. The molecule has 4 aromatic heterocycles. The van der Waals surface area contributed by atoms with E-state index in [1.54, 1.807) is 0 Å². The highest BCUT2D eigenvalue weighted by molar-refractivity contribution is 7.19. The number of benzene rings is 5. The number of para-hydroxylation sites is 2. The van der Waals surface area contributed by atoms with Gasteiger partial charge in [-0.1, -0.05) is 133 Å². The molecule has 0 radical (unpaired) electrons. The van der Waals surface area contributed by atoms with Crippen molar-refractivity contribution in [2.24, 2.45) is 0 Å². The van der Waals surface area contributed by atoms with Crippen molar-refractivity contribution in [3.05, 3.63) is 188 Å². The Morgan fingerprint density at radius 1 is 0.440 bits per heavy atom. The van der Waals surface area contributed by atoms with E-state index in [9.17, 15) is 0 Å². The Bertz CT molecular complexity index is 2420. The first kappa shape index (κ1) is 29.6. The highest BCUT2D eigenvalue weighted by Gasteiger charge is 2.45. The standard InChI is InChI=1S/C44H31N5Si/c1-4-16-33(17-5-1)50(34-18-6-2-7-19-34,35-20-8-3-9-21-35)44-47-42(38-24-14-15-29-46-38)41(32-27-30-45-31-28-32)43(48-44)49-39-25-12-10-22-36(39)37-23-11-13-26-40(37)49/h1-31H. The molecule has 50 heavy (non-hydrogen) atoms. The zero-order valence-corrected chi connectivity index (χ0v) is 28.1. The van der Waals surface area contributed by atoms with Crippen molar-refractivity contribution in [2.45, 2.75) is 0 Å². The van der Waals surface area contributed by atoms with Crippen LogP contribution in [0.2, 0.25) is 0 Å². The molecule has 0 aliphatic carbocycles. The zero-order chi connectivity index (χ0) is 33.3. The van der Waals surface area contributed by atoms with Crippen LogP contribution in [-0.2, 0) is 0 Å². The second-order valence-corrected chi connectivity index (χ2v) is 15.9. The lowest BCUT2D eigenvalue weighted by Gasteiger charge is -2.33. The van der Waals surface area contributed by atoms with Gasteiger partial charge in [-0.15, -0.1) is 0 Å². The van der Waals surface area contributed by atoms with Crippen LogP contribution in [0.1, 0.15) is 0 Å². The van der Waals surface area contributed by atoms with Crippen LogP contribution in [0.15, 0.2) is 188 Å². The van der Waals surface area contributed by atoms with Gasteiger partial charge < -0.3 is 0 Å². The van der Waals surface area contributed by atoms with Gasteiger partial charge in [-0.2, -0.15) is 0 Å². The van der Waals surface area contributed by atoms with Crippen LogP contribution in [0.25, 0.3) is 50.1 Å². The normalized spacial score (nSPS) is 11.6. The van der Waals surface area contributed by atoms with Crippen LogP contribution in [0.5, 0.6) is 0 Å². The van der Waals surface area contributed by atoms with Gasteiger partial charge in [0.15, 0.2) is 0 Å². The third-order valence-corrected chi connectivity index (χ3v) is 14.0. The van der Waals surface area contributed by atoms with Gasteiger partial charge in [-0.05, 0) is 57.5 Å². The van der Waals surface area contributed by atoms with E-state index in [4.69, 9.17) is 15.0 Å². The molecular formula is C44H31N5Si.